The van der Waals surface area contributed by atoms with E-state index in [0.29, 0.717) is 6.54 Å². The van der Waals surface area contributed by atoms with Gasteiger partial charge in [0.1, 0.15) is 5.69 Å². The minimum absolute atomic E-state index is 0.173. The fourth-order valence-corrected chi connectivity index (χ4v) is 1.96. The molecule has 22 heavy (non-hydrogen) atoms. The number of hydrogen-bond donors (Lipinski definition) is 1. The molecule has 2 aromatic heterocycles. The van der Waals surface area contributed by atoms with E-state index in [2.05, 4.69) is 15.5 Å². The minimum atomic E-state index is -0.500. The molecule has 2 heterocycles. The van der Waals surface area contributed by atoms with Crippen molar-refractivity contribution >= 4 is 11.9 Å². The Kier molecular flexibility index (Phi) is 4.59. The maximum atomic E-state index is 12.1. The van der Waals surface area contributed by atoms with E-state index in [1.54, 1.807) is 24.9 Å². The van der Waals surface area contributed by atoms with Crippen LogP contribution in [-0.2, 0) is 25.4 Å². The van der Waals surface area contributed by atoms with Crippen molar-refractivity contribution in [3.63, 3.8) is 0 Å². The Hall–Kier alpha value is -2.64. The van der Waals surface area contributed by atoms with E-state index in [0.717, 1.165) is 11.3 Å². The lowest BCUT2D eigenvalue weighted by atomic mass is 10.2. The van der Waals surface area contributed by atoms with Gasteiger partial charge >= 0.3 is 5.97 Å². The summed E-state index contributed by atoms with van der Waals surface area (Å²) in [5, 5.41) is 10.9. The predicted molar refractivity (Wildman–Crippen MR) is 78.3 cm³/mol. The third-order valence-corrected chi connectivity index (χ3v) is 3.37. The van der Waals surface area contributed by atoms with E-state index in [1.165, 1.54) is 10.7 Å². The first-order chi connectivity index (χ1) is 10.4. The predicted octanol–water partition coefficient (Wildman–Crippen LogP) is 0.569. The molecule has 2 rings (SSSR count). The Morgan fingerprint density at radius 1 is 1.32 bits per heavy atom. The van der Waals surface area contributed by atoms with Gasteiger partial charge in [-0.25, -0.2) is 4.79 Å². The molecule has 8 nitrogen and oxygen atoms in total. The molecular formula is C14H19N5O3. The van der Waals surface area contributed by atoms with E-state index in [-0.39, 0.29) is 23.9 Å². The molecule has 0 fully saturated rings. The van der Waals surface area contributed by atoms with E-state index in [1.807, 2.05) is 14.0 Å². The van der Waals surface area contributed by atoms with E-state index in [9.17, 15) is 9.59 Å². The van der Waals surface area contributed by atoms with Crippen LogP contribution in [0.15, 0.2) is 12.3 Å². The van der Waals surface area contributed by atoms with Crippen molar-refractivity contribution in [1.29, 1.82) is 0 Å². The molecule has 0 aliphatic heterocycles. The molecule has 0 atom stereocenters. The van der Waals surface area contributed by atoms with Gasteiger partial charge in [-0.15, -0.1) is 0 Å². The number of hydrogen-bond acceptors (Lipinski definition) is 5. The highest BCUT2D eigenvalue weighted by Gasteiger charge is 2.18. The highest BCUT2D eigenvalue weighted by Crippen LogP contribution is 2.07. The summed E-state index contributed by atoms with van der Waals surface area (Å²) in [6.07, 6.45) is 1.71. The molecule has 0 aliphatic carbocycles. The summed E-state index contributed by atoms with van der Waals surface area (Å²) in [6, 6.07) is 1.42. The van der Waals surface area contributed by atoms with Crippen molar-refractivity contribution in [3.05, 3.63) is 34.9 Å². The fraction of sp³-hybridized carbons (Fsp3) is 0.429. The monoisotopic (exact) mass is 305 g/mol. The SMILES string of the molecule is CCOC(=O)c1cc(C(=O)NCc2cnn(C)c2C)nn1C. The molecule has 118 valence electrons. The lowest BCUT2D eigenvalue weighted by Crippen LogP contribution is -2.23. The molecular weight excluding hydrogens is 286 g/mol. The smallest absolute Gasteiger partial charge is 0.356 e. The molecule has 0 bridgehead atoms. The zero-order valence-electron chi connectivity index (χ0n) is 13.1. The second kappa shape index (κ2) is 6.42. The van der Waals surface area contributed by atoms with Gasteiger partial charge in [0.05, 0.1) is 12.8 Å². The molecule has 0 spiro atoms. The number of carbonyl (C=O) groups excluding carboxylic acids is 2. The van der Waals surface area contributed by atoms with Crippen LogP contribution in [0.1, 0.15) is 39.2 Å². The van der Waals surface area contributed by atoms with E-state index >= 15 is 0 Å². The summed E-state index contributed by atoms with van der Waals surface area (Å²) < 4.78 is 7.98. The highest BCUT2D eigenvalue weighted by molar-refractivity contribution is 5.95. The number of amides is 1. The normalized spacial score (nSPS) is 10.5. The van der Waals surface area contributed by atoms with Crippen molar-refractivity contribution in [2.24, 2.45) is 14.1 Å². The first-order valence-corrected chi connectivity index (χ1v) is 6.90. The minimum Gasteiger partial charge on any atom is -0.461 e. The Labute approximate surface area is 128 Å². The standard InChI is InChI=1S/C14H19N5O3/c1-5-22-14(21)12-6-11(17-19(12)4)13(20)15-7-10-8-16-18(3)9(10)2/h6,8H,5,7H2,1-4H3,(H,15,20). The second-order valence-electron chi connectivity index (χ2n) is 4.82. The van der Waals surface area contributed by atoms with E-state index in [4.69, 9.17) is 4.74 Å². The molecule has 1 N–H and O–H groups in total. The van der Waals surface area contributed by atoms with Crippen molar-refractivity contribution in [3.8, 4) is 0 Å². The number of esters is 1. The van der Waals surface area contributed by atoms with Gasteiger partial charge in [-0.3, -0.25) is 14.2 Å². The van der Waals surface area contributed by atoms with Gasteiger partial charge in [0, 0.05) is 38.0 Å². The molecule has 0 aromatic carbocycles. The highest BCUT2D eigenvalue weighted by atomic mass is 16.5. The van der Waals surface area contributed by atoms with Crippen LogP contribution in [0.2, 0.25) is 0 Å². The lowest BCUT2D eigenvalue weighted by molar-refractivity contribution is 0.0513. The van der Waals surface area contributed by atoms with Gasteiger partial charge in [0.15, 0.2) is 5.69 Å². The van der Waals surface area contributed by atoms with Crippen molar-refractivity contribution < 1.29 is 14.3 Å². The van der Waals surface area contributed by atoms with Crippen LogP contribution in [-0.4, -0.2) is 38.0 Å². The molecule has 0 aliphatic rings. The topological polar surface area (TPSA) is 91.0 Å². The van der Waals surface area contributed by atoms with Crippen LogP contribution in [0.3, 0.4) is 0 Å². The summed E-state index contributed by atoms with van der Waals surface area (Å²) in [5.41, 5.74) is 2.32. The summed E-state index contributed by atoms with van der Waals surface area (Å²) in [6.45, 7) is 4.27. The number of ether oxygens (including phenoxy) is 1. The molecule has 1 amide bonds. The Bertz CT molecular complexity index is 701. The summed E-state index contributed by atoms with van der Waals surface area (Å²) in [4.78, 5) is 23.8. The van der Waals surface area contributed by atoms with E-state index < -0.39 is 5.97 Å². The second-order valence-corrected chi connectivity index (χ2v) is 4.82. The number of nitrogens with one attached hydrogen (secondary N) is 1. The number of nitrogens with zero attached hydrogens (tertiary/aromatic N) is 4. The summed E-state index contributed by atoms with van der Waals surface area (Å²) in [7, 11) is 3.43. The molecule has 2 aromatic rings. The summed E-state index contributed by atoms with van der Waals surface area (Å²) in [5.74, 6) is -0.853. The fourth-order valence-electron chi connectivity index (χ4n) is 1.96. The van der Waals surface area contributed by atoms with Crippen LogP contribution in [0, 0.1) is 6.92 Å². The number of aryl methyl sites for hydroxylation is 2. The van der Waals surface area contributed by atoms with Crippen molar-refractivity contribution in [2.45, 2.75) is 20.4 Å². The zero-order valence-corrected chi connectivity index (χ0v) is 13.1. The van der Waals surface area contributed by atoms with Crippen molar-refractivity contribution in [2.75, 3.05) is 6.61 Å². The Morgan fingerprint density at radius 2 is 2.05 bits per heavy atom. The number of aromatic nitrogens is 4. The molecule has 0 unspecified atom stereocenters. The van der Waals surface area contributed by atoms with Crippen molar-refractivity contribution in [1.82, 2.24) is 24.9 Å². The first-order valence-electron chi connectivity index (χ1n) is 6.90. The third-order valence-electron chi connectivity index (χ3n) is 3.37. The lowest BCUT2D eigenvalue weighted by Gasteiger charge is -2.02. The summed E-state index contributed by atoms with van der Waals surface area (Å²) >= 11 is 0. The average Bonchev–Trinajstić information content (AvgIpc) is 3.02. The molecule has 0 saturated heterocycles. The first kappa shape index (κ1) is 15.7. The molecule has 8 heteroatoms. The van der Waals surface area contributed by atoms with Crippen LogP contribution < -0.4 is 5.32 Å². The molecule has 0 radical (unpaired) electrons. The third kappa shape index (κ3) is 3.16. The Balaban J connectivity index is 2.05. The van der Waals surface area contributed by atoms with Gasteiger partial charge in [-0.05, 0) is 13.8 Å². The van der Waals surface area contributed by atoms with Crippen LogP contribution >= 0.6 is 0 Å². The van der Waals surface area contributed by atoms with Gasteiger partial charge in [0.25, 0.3) is 5.91 Å². The van der Waals surface area contributed by atoms with Gasteiger partial charge < -0.3 is 10.1 Å². The van der Waals surface area contributed by atoms with Crippen LogP contribution in [0.5, 0.6) is 0 Å². The number of carbonyl (C=O) groups is 2. The van der Waals surface area contributed by atoms with Gasteiger partial charge in [0.2, 0.25) is 0 Å². The van der Waals surface area contributed by atoms with Crippen LogP contribution in [0.4, 0.5) is 0 Å². The Morgan fingerprint density at radius 3 is 2.64 bits per heavy atom. The quantitative estimate of drug-likeness (QED) is 0.815. The zero-order chi connectivity index (χ0) is 16.3. The van der Waals surface area contributed by atoms with Gasteiger partial charge in [-0.1, -0.05) is 0 Å². The van der Waals surface area contributed by atoms with Gasteiger partial charge in [-0.2, -0.15) is 10.2 Å². The van der Waals surface area contributed by atoms with Crippen LogP contribution in [0.25, 0.3) is 0 Å². The molecule has 0 saturated carbocycles. The maximum absolute atomic E-state index is 12.1. The largest absolute Gasteiger partial charge is 0.461 e. The maximum Gasteiger partial charge on any atom is 0.356 e. The number of rotatable bonds is 5. The average molecular weight is 305 g/mol.